The van der Waals surface area contributed by atoms with Crippen LogP contribution < -0.4 is 5.32 Å². The summed E-state index contributed by atoms with van der Waals surface area (Å²) >= 11 is 0. The van der Waals surface area contributed by atoms with Crippen LogP contribution in [0.1, 0.15) is 11.6 Å². The van der Waals surface area contributed by atoms with Crippen LogP contribution in [0.2, 0.25) is 0 Å². The van der Waals surface area contributed by atoms with Gasteiger partial charge >= 0.3 is 0 Å². The molecule has 4 rings (SSSR count). The Bertz CT molecular complexity index is 1050. The molecule has 0 saturated heterocycles. The molecule has 0 spiro atoms. The lowest BCUT2D eigenvalue weighted by Crippen LogP contribution is -2.27. The van der Waals surface area contributed by atoms with Gasteiger partial charge in [-0.05, 0) is 35.7 Å². The van der Waals surface area contributed by atoms with Gasteiger partial charge in [-0.3, -0.25) is 9.78 Å². The van der Waals surface area contributed by atoms with E-state index in [0.717, 1.165) is 22.2 Å². The first kappa shape index (κ1) is 16.0. The number of rotatable bonds is 5. The number of nitrogens with zero attached hydrogens (tertiary/aromatic N) is 4. The number of hydrogen-bond acceptors (Lipinski definition) is 5. The summed E-state index contributed by atoms with van der Waals surface area (Å²) in [5.74, 6) is 0.910. The molecule has 3 aromatic heterocycles. The van der Waals surface area contributed by atoms with Gasteiger partial charge in [-0.2, -0.15) is 0 Å². The average molecular weight is 347 g/mol. The van der Waals surface area contributed by atoms with Crippen molar-refractivity contribution in [3.05, 3.63) is 66.4 Å². The topological polar surface area (TPSA) is 85.8 Å². The standard InChI is InChI=1S/C19H17N5O2/c1-13-22-23-19(26-13)15-6-5-14-7-9-24(17(14)10-15)12-18(25)21-11-16-4-2-3-8-20-16/h2-10H,11-12H2,1H3,(H,21,25). The number of amides is 1. The lowest BCUT2D eigenvalue weighted by molar-refractivity contribution is -0.121. The van der Waals surface area contributed by atoms with Gasteiger partial charge in [0, 0.05) is 30.4 Å². The molecule has 0 bridgehead atoms. The van der Waals surface area contributed by atoms with Crippen molar-refractivity contribution in [2.75, 3.05) is 0 Å². The summed E-state index contributed by atoms with van der Waals surface area (Å²) in [5, 5.41) is 11.8. The Morgan fingerprint density at radius 1 is 1.19 bits per heavy atom. The van der Waals surface area contributed by atoms with E-state index in [1.165, 1.54) is 0 Å². The van der Waals surface area contributed by atoms with Crippen LogP contribution in [0.15, 0.2) is 59.3 Å². The summed E-state index contributed by atoms with van der Waals surface area (Å²) in [7, 11) is 0. The molecule has 3 heterocycles. The van der Waals surface area contributed by atoms with E-state index in [1.54, 1.807) is 13.1 Å². The van der Waals surface area contributed by atoms with E-state index in [1.807, 2.05) is 53.2 Å². The Balaban J connectivity index is 1.51. The second-order valence-electron chi connectivity index (χ2n) is 5.94. The van der Waals surface area contributed by atoms with E-state index in [9.17, 15) is 4.79 Å². The molecule has 0 radical (unpaired) electrons. The molecule has 0 fully saturated rings. The zero-order valence-corrected chi connectivity index (χ0v) is 14.2. The number of fused-ring (bicyclic) bond motifs is 1. The molecular weight excluding hydrogens is 330 g/mol. The number of benzene rings is 1. The van der Waals surface area contributed by atoms with Crippen molar-refractivity contribution in [2.45, 2.75) is 20.0 Å². The van der Waals surface area contributed by atoms with Gasteiger partial charge in [0.2, 0.25) is 17.7 Å². The van der Waals surface area contributed by atoms with Crippen molar-refractivity contribution < 1.29 is 9.21 Å². The molecule has 4 aromatic rings. The fraction of sp³-hybridized carbons (Fsp3) is 0.158. The fourth-order valence-electron chi connectivity index (χ4n) is 2.77. The van der Waals surface area contributed by atoms with Crippen LogP contribution in [0.25, 0.3) is 22.4 Å². The molecule has 0 aliphatic heterocycles. The maximum atomic E-state index is 12.3. The van der Waals surface area contributed by atoms with Gasteiger partial charge in [0.1, 0.15) is 6.54 Å². The number of carbonyl (C=O) groups excluding carboxylic acids is 1. The molecule has 26 heavy (non-hydrogen) atoms. The molecule has 0 aliphatic carbocycles. The van der Waals surface area contributed by atoms with E-state index in [0.29, 0.717) is 18.3 Å². The maximum absolute atomic E-state index is 12.3. The van der Waals surface area contributed by atoms with Gasteiger partial charge in [-0.15, -0.1) is 10.2 Å². The predicted octanol–water partition coefficient (Wildman–Crippen LogP) is 2.71. The number of aromatic nitrogens is 4. The number of nitrogens with one attached hydrogen (secondary N) is 1. The normalized spacial score (nSPS) is 11.0. The summed E-state index contributed by atoms with van der Waals surface area (Å²) < 4.78 is 7.38. The van der Waals surface area contributed by atoms with E-state index in [-0.39, 0.29) is 12.5 Å². The zero-order chi connectivity index (χ0) is 17.9. The Labute approximate surface area is 149 Å². The monoisotopic (exact) mass is 347 g/mol. The zero-order valence-electron chi connectivity index (χ0n) is 14.2. The van der Waals surface area contributed by atoms with Crippen molar-refractivity contribution in [3.63, 3.8) is 0 Å². The highest BCUT2D eigenvalue weighted by Crippen LogP contribution is 2.24. The number of hydrogen-bond donors (Lipinski definition) is 1. The molecule has 0 unspecified atom stereocenters. The Morgan fingerprint density at radius 2 is 2.12 bits per heavy atom. The van der Waals surface area contributed by atoms with Gasteiger partial charge in [0.25, 0.3) is 0 Å². The maximum Gasteiger partial charge on any atom is 0.247 e. The molecule has 7 nitrogen and oxygen atoms in total. The minimum atomic E-state index is -0.0767. The highest BCUT2D eigenvalue weighted by molar-refractivity contribution is 5.86. The Morgan fingerprint density at radius 3 is 2.88 bits per heavy atom. The van der Waals surface area contributed by atoms with Crippen molar-refractivity contribution in [1.29, 1.82) is 0 Å². The number of pyridine rings is 1. The van der Waals surface area contributed by atoms with Crippen LogP contribution in [-0.2, 0) is 17.9 Å². The average Bonchev–Trinajstić information content (AvgIpc) is 3.27. The van der Waals surface area contributed by atoms with E-state index >= 15 is 0 Å². The van der Waals surface area contributed by atoms with Gasteiger partial charge in [0.15, 0.2) is 0 Å². The summed E-state index contributed by atoms with van der Waals surface area (Å²) in [4.78, 5) is 16.5. The second kappa shape index (κ2) is 6.79. The van der Waals surface area contributed by atoms with Crippen LogP contribution in [-0.4, -0.2) is 25.7 Å². The second-order valence-corrected chi connectivity index (χ2v) is 5.94. The van der Waals surface area contributed by atoms with Gasteiger partial charge in [-0.1, -0.05) is 12.1 Å². The fourth-order valence-corrected chi connectivity index (χ4v) is 2.77. The van der Waals surface area contributed by atoms with Crippen LogP contribution in [0.5, 0.6) is 0 Å². The van der Waals surface area contributed by atoms with E-state index in [4.69, 9.17) is 4.42 Å². The number of carbonyl (C=O) groups is 1. The summed E-state index contributed by atoms with van der Waals surface area (Å²) in [5.41, 5.74) is 2.59. The van der Waals surface area contributed by atoms with Crippen LogP contribution in [0, 0.1) is 6.92 Å². The van der Waals surface area contributed by atoms with Crippen molar-refractivity contribution in [2.24, 2.45) is 0 Å². The van der Waals surface area contributed by atoms with Crippen LogP contribution >= 0.6 is 0 Å². The van der Waals surface area contributed by atoms with Crippen molar-refractivity contribution >= 4 is 16.8 Å². The van der Waals surface area contributed by atoms with Crippen molar-refractivity contribution in [3.8, 4) is 11.5 Å². The van der Waals surface area contributed by atoms with Gasteiger partial charge < -0.3 is 14.3 Å². The van der Waals surface area contributed by atoms with Crippen molar-refractivity contribution in [1.82, 2.24) is 25.1 Å². The van der Waals surface area contributed by atoms with E-state index in [2.05, 4.69) is 20.5 Å². The lowest BCUT2D eigenvalue weighted by Gasteiger charge is -2.07. The molecule has 1 N–H and O–H groups in total. The first-order valence-electron chi connectivity index (χ1n) is 8.25. The highest BCUT2D eigenvalue weighted by atomic mass is 16.4. The molecule has 0 aliphatic rings. The van der Waals surface area contributed by atoms with Gasteiger partial charge in [0.05, 0.1) is 12.2 Å². The molecular formula is C19H17N5O2. The minimum absolute atomic E-state index is 0.0767. The van der Waals surface area contributed by atoms with Crippen LogP contribution in [0.3, 0.4) is 0 Å². The Kier molecular flexibility index (Phi) is 4.18. The lowest BCUT2D eigenvalue weighted by atomic mass is 10.1. The molecule has 0 saturated carbocycles. The smallest absolute Gasteiger partial charge is 0.247 e. The summed E-state index contributed by atoms with van der Waals surface area (Å²) in [6.45, 7) is 2.39. The van der Waals surface area contributed by atoms with Gasteiger partial charge in [-0.25, -0.2) is 0 Å². The van der Waals surface area contributed by atoms with Crippen LogP contribution in [0.4, 0.5) is 0 Å². The molecule has 0 atom stereocenters. The first-order valence-corrected chi connectivity index (χ1v) is 8.25. The predicted molar refractivity (Wildman–Crippen MR) is 96.1 cm³/mol. The first-order chi connectivity index (χ1) is 12.7. The molecule has 1 amide bonds. The molecule has 1 aromatic carbocycles. The minimum Gasteiger partial charge on any atom is -0.421 e. The summed E-state index contributed by atoms with van der Waals surface area (Å²) in [6, 6.07) is 13.5. The Hall–Kier alpha value is -3.48. The number of aryl methyl sites for hydroxylation is 1. The third-order valence-corrected chi connectivity index (χ3v) is 4.05. The molecule has 7 heteroatoms. The van der Waals surface area contributed by atoms with E-state index < -0.39 is 0 Å². The quantitative estimate of drug-likeness (QED) is 0.600. The summed E-state index contributed by atoms with van der Waals surface area (Å²) in [6.07, 6.45) is 3.61. The third kappa shape index (κ3) is 3.32. The third-order valence-electron chi connectivity index (χ3n) is 4.05. The largest absolute Gasteiger partial charge is 0.421 e. The molecule has 130 valence electrons. The SMILES string of the molecule is Cc1nnc(-c2ccc3ccn(CC(=O)NCc4ccccn4)c3c2)o1. The highest BCUT2D eigenvalue weighted by Gasteiger charge is 2.11.